The standard InChI is InChI=1S/C15H19FN2O/c1-10(2)17-7-6-15-18-9-14(19-15)12-5-4-11(3)8-13(12)16/h4-5,8-10,17H,6-7H2,1-3H3. The van der Waals surface area contributed by atoms with Crippen LogP contribution in [0, 0.1) is 12.7 Å². The van der Waals surface area contributed by atoms with E-state index >= 15 is 0 Å². The van der Waals surface area contributed by atoms with Crippen molar-refractivity contribution in [3.8, 4) is 11.3 Å². The minimum atomic E-state index is -0.275. The molecule has 1 N–H and O–H groups in total. The first-order chi connectivity index (χ1) is 9.06. The summed E-state index contributed by atoms with van der Waals surface area (Å²) < 4.78 is 19.4. The summed E-state index contributed by atoms with van der Waals surface area (Å²) in [6.45, 7) is 6.83. The van der Waals surface area contributed by atoms with E-state index in [1.54, 1.807) is 12.3 Å². The van der Waals surface area contributed by atoms with Gasteiger partial charge in [-0.25, -0.2) is 9.37 Å². The highest BCUT2D eigenvalue weighted by molar-refractivity contribution is 5.57. The molecule has 1 aromatic carbocycles. The van der Waals surface area contributed by atoms with Crippen molar-refractivity contribution in [1.29, 1.82) is 0 Å². The average Bonchev–Trinajstić information content (AvgIpc) is 2.77. The number of aromatic nitrogens is 1. The Hall–Kier alpha value is -1.68. The summed E-state index contributed by atoms with van der Waals surface area (Å²) in [7, 11) is 0. The number of oxazole rings is 1. The molecule has 1 heterocycles. The summed E-state index contributed by atoms with van der Waals surface area (Å²) in [5.41, 5.74) is 1.35. The van der Waals surface area contributed by atoms with Crippen LogP contribution in [0.3, 0.4) is 0 Å². The highest BCUT2D eigenvalue weighted by atomic mass is 19.1. The molecule has 0 saturated heterocycles. The van der Waals surface area contributed by atoms with Gasteiger partial charge in [-0.3, -0.25) is 0 Å². The molecule has 1 aromatic heterocycles. The van der Waals surface area contributed by atoms with Crippen LogP contribution >= 0.6 is 0 Å². The van der Waals surface area contributed by atoms with Crippen LogP contribution in [0.25, 0.3) is 11.3 Å². The van der Waals surface area contributed by atoms with Gasteiger partial charge in [-0.15, -0.1) is 0 Å². The van der Waals surface area contributed by atoms with E-state index < -0.39 is 0 Å². The fourth-order valence-electron chi connectivity index (χ4n) is 1.84. The molecule has 0 radical (unpaired) electrons. The van der Waals surface area contributed by atoms with Gasteiger partial charge in [0.15, 0.2) is 11.7 Å². The number of benzene rings is 1. The lowest BCUT2D eigenvalue weighted by Gasteiger charge is -2.05. The van der Waals surface area contributed by atoms with Gasteiger partial charge in [0.25, 0.3) is 0 Å². The lowest BCUT2D eigenvalue weighted by molar-refractivity contribution is 0.482. The molecule has 0 unspecified atom stereocenters. The minimum Gasteiger partial charge on any atom is -0.441 e. The Bertz CT molecular complexity index is 549. The predicted octanol–water partition coefficient (Wildman–Crippen LogP) is 3.33. The van der Waals surface area contributed by atoms with E-state index in [0.29, 0.717) is 29.7 Å². The molecular weight excluding hydrogens is 243 g/mol. The van der Waals surface area contributed by atoms with Crippen LogP contribution in [0.5, 0.6) is 0 Å². The van der Waals surface area contributed by atoms with E-state index in [1.165, 1.54) is 6.07 Å². The Morgan fingerprint density at radius 2 is 2.16 bits per heavy atom. The Morgan fingerprint density at radius 3 is 2.84 bits per heavy atom. The molecule has 0 bridgehead atoms. The zero-order valence-corrected chi connectivity index (χ0v) is 11.5. The van der Waals surface area contributed by atoms with E-state index in [4.69, 9.17) is 4.42 Å². The van der Waals surface area contributed by atoms with Crippen molar-refractivity contribution in [2.75, 3.05) is 6.54 Å². The normalized spacial score (nSPS) is 11.2. The van der Waals surface area contributed by atoms with Gasteiger partial charge in [0.1, 0.15) is 5.82 Å². The number of hydrogen-bond donors (Lipinski definition) is 1. The second-order valence-corrected chi connectivity index (χ2v) is 4.96. The molecular formula is C15H19FN2O. The zero-order chi connectivity index (χ0) is 13.8. The van der Waals surface area contributed by atoms with Crippen molar-refractivity contribution in [3.63, 3.8) is 0 Å². The maximum absolute atomic E-state index is 13.8. The van der Waals surface area contributed by atoms with Crippen molar-refractivity contribution >= 4 is 0 Å². The van der Waals surface area contributed by atoms with Crippen LogP contribution < -0.4 is 5.32 Å². The van der Waals surface area contributed by atoms with E-state index in [9.17, 15) is 4.39 Å². The highest BCUT2D eigenvalue weighted by Gasteiger charge is 2.11. The molecule has 0 spiro atoms. The van der Waals surface area contributed by atoms with E-state index in [1.807, 2.05) is 13.0 Å². The molecule has 0 aliphatic rings. The Labute approximate surface area is 112 Å². The van der Waals surface area contributed by atoms with E-state index in [2.05, 4.69) is 24.1 Å². The summed E-state index contributed by atoms with van der Waals surface area (Å²) in [4.78, 5) is 4.18. The first-order valence-electron chi connectivity index (χ1n) is 6.51. The molecule has 4 heteroatoms. The van der Waals surface area contributed by atoms with Crippen molar-refractivity contribution in [2.45, 2.75) is 33.2 Å². The fraction of sp³-hybridized carbons (Fsp3) is 0.400. The molecule has 0 aliphatic heterocycles. The number of aryl methyl sites for hydroxylation is 1. The van der Waals surface area contributed by atoms with Crippen LogP contribution in [0.4, 0.5) is 4.39 Å². The van der Waals surface area contributed by atoms with Gasteiger partial charge in [0, 0.05) is 19.0 Å². The number of rotatable bonds is 5. The van der Waals surface area contributed by atoms with Crippen LogP contribution in [-0.2, 0) is 6.42 Å². The average molecular weight is 262 g/mol. The summed E-state index contributed by atoms with van der Waals surface area (Å²) in [5.74, 6) is 0.836. The highest BCUT2D eigenvalue weighted by Crippen LogP contribution is 2.24. The monoisotopic (exact) mass is 262 g/mol. The van der Waals surface area contributed by atoms with Gasteiger partial charge in [0.05, 0.1) is 11.8 Å². The molecule has 2 rings (SSSR count). The number of hydrogen-bond acceptors (Lipinski definition) is 3. The van der Waals surface area contributed by atoms with Crippen LogP contribution in [-0.4, -0.2) is 17.6 Å². The summed E-state index contributed by atoms with van der Waals surface area (Å²) in [6.07, 6.45) is 2.28. The molecule has 0 saturated carbocycles. The molecule has 0 aliphatic carbocycles. The fourth-order valence-corrected chi connectivity index (χ4v) is 1.84. The summed E-state index contributed by atoms with van der Waals surface area (Å²) >= 11 is 0. The Morgan fingerprint density at radius 1 is 1.37 bits per heavy atom. The molecule has 102 valence electrons. The molecule has 3 nitrogen and oxygen atoms in total. The van der Waals surface area contributed by atoms with Gasteiger partial charge < -0.3 is 9.73 Å². The second-order valence-electron chi connectivity index (χ2n) is 4.96. The molecule has 19 heavy (non-hydrogen) atoms. The topological polar surface area (TPSA) is 38.1 Å². The Balaban J connectivity index is 2.08. The Kier molecular flexibility index (Phi) is 4.32. The van der Waals surface area contributed by atoms with Crippen molar-refractivity contribution in [1.82, 2.24) is 10.3 Å². The van der Waals surface area contributed by atoms with E-state index in [-0.39, 0.29) is 5.82 Å². The number of nitrogens with one attached hydrogen (secondary N) is 1. The maximum Gasteiger partial charge on any atom is 0.196 e. The zero-order valence-electron chi connectivity index (χ0n) is 11.5. The molecule has 0 atom stereocenters. The summed E-state index contributed by atoms with van der Waals surface area (Å²) in [5, 5.41) is 3.29. The second kappa shape index (κ2) is 5.97. The van der Waals surface area contributed by atoms with Gasteiger partial charge in [-0.1, -0.05) is 19.9 Å². The van der Waals surface area contributed by atoms with Gasteiger partial charge >= 0.3 is 0 Å². The lowest BCUT2D eigenvalue weighted by Crippen LogP contribution is -2.24. The van der Waals surface area contributed by atoms with Crippen LogP contribution in [0.1, 0.15) is 25.3 Å². The predicted molar refractivity (Wildman–Crippen MR) is 73.5 cm³/mol. The molecule has 0 fully saturated rings. The van der Waals surface area contributed by atoms with Crippen molar-refractivity contribution in [2.24, 2.45) is 0 Å². The van der Waals surface area contributed by atoms with Crippen LogP contribution in [0.2, 0.25) is 0 Å². The van der Waals surface area contributed by atoms with E-state index in [0.717, 1.165) is 12.1 Å². The summed E-state index contributed by atoms with van der Waals surface area (Å²) in [6, 6.07) is 5.52. The van der Waals surface area contributed by atoms with Crippen molar-refractivity contribution in [3.05, 3.63) is 41.7 Å². The smallest absolute Gasteiger partial charge is 0.196 e. The molecule has 2 aromatic rings. The third-order valence-electron chi connectivity index (χ3n) is 2.84. The molecule has 0 amide bonds. The minimum absolute atomic E-state index is 0.275. The quantitative estimate of drug-likeness (QED) is 0.898. The lowest BCUT2D eigenvalue weighted by atomic mass is 10.1. The van der Waals surface area contributed by atoms with Gasteiger partial charge in [-0.05, 0) is 24.6 Å². The third-order valence-corrected chi connectivity index (χ3v) is 2.84. The number of halogens is 1. The number of nitrogens with zero attached hydrogens (tertiary/aromatic N) is 1. The van der Waals surface area contributed by atoms with Crippen LogP contribution in [0.15, 0.2) is 28.8 Å². The van der Waals surface area contributed by atoms with Gasteiger partial charge in [0.2, 0.25) is 0 Å². The first kappa shape index (κ1) is 13.7. The third kappa shape index (κ3) is 3.64. The van der Waals surface area contributed by atoms with Crippen molar-refractivity contribution < 1.29 is 8.81 Å². The first-order valence-corrected chi connectivity index (χ1v) is 6.51. The maximum atomic E-state index is 13.8. The van der Waals surface area contributed by atoms with Gasteiger partial charge in [-0.2, -0.15) is 0 Å². The SMILES string of the molecule is Cc1ccc(-c2cnc(CCNC(C)C)o2)c(F)c1. The largest absolute Gasteiger partial charge is 0.441 e.